The summed E-state index contributed by atoms with van der Waals surface area (Å²) in [6.45, 7) is -0.247. The van der Waals surface area contributed by atoms with Crippen molar-refractivity contribution in [2.75, 3.05) is 11.9 Å². The van der Waals surface area contributed by atoms with Gasteiger partial charge in [0.2, 0.25) is 0 Å². The number of rotatable bonds is 5. The zero-order valence-electron chi connectivity index (χ0n) is 11.5. The van der Waals surface area contributed by atoms with Gasteiger partial charge in [-0.05, 0) is 36.4 Å². The van der Waals surface area contributed by atoms with Crippen LogP contribution in [0.3, 0.4) is 0 Å². The molecule has 0 aromatic heterocycles. The third-order valence-corrected chi connectivity index (χ3v) is 3.90. The fourth-order valence-corrected chi connectivity index (χ4v) is 2.45. The Hall–Kier alpha value is -1.76. The van der Waals surface area contributed by atoms with Crippen LogP contribution in [0, 0.1) is 0 Å². The Balaban J connectivity index is 2.03. The van der Waals surface area contributed by atoms with E-state index in [0.29, 0.717) is 5.75 Å². The molecule has 2 N–H and O–H groups in total. The van der Waals surface area contributed by atoms with Gasteiger partial charge in [0.25, 0.3) is 5.91 Å². The van der Waals surface area contributed by atoms with Crippen molar-refractivity contribution in [3.05, 3.63) is 56.5 Å². The number of carboxylic acid groups (broad SMARTS) is 1. The van der Waals surface area contributed by atoms with Gasteiger partial charge in [-0.15, -0.1) is 0 Å². The number of hydrogen-bond donors (Lipinski definition) is 2. The molecule has 0 aliphatic rings. The number of amides is 1. The van der Waals surface area contributed by atoms with E-state index in [-0.39, 0.29) is 27.9 Å². The van der Waals surface area contributed by atoms with Crippen LogP contribution in [-0.4, -0.2) is 23.6 Å². The summed E-state index contributed by atoms with van der Waals surface area (Å²) in [4.78, 5) is 22.9. The number of hydrogen-bond acceptors (Lipinski definition) is 3. The number of aromatic carboxylic acids is 1. The van der Waals surface area contributed by atoms with Crippen LogP contribution in [-0.2, 0) is 4.79 Å². The average Bonchev–Trinajstić information content (AvgIpc) is 2.49. The predicted octanol–water partition coefficient (Wildman–Crippen LogP) is 4.47. The lowest BCUT2D eigenvalue weighted by Gasteiger charge is -2.10. The van der Waals surface area contributed by atoms with Gasteiger partial charge in [-0.3, -0.25) is 4.79 Å². The molecule has 2 aromatic carbocycles. The highest BCUT2D eigenvalue weighted by molar-refractivity contribution is 9.10. The summed E-state index contributed by atoms with van der Waals surface area (Å²) in [5.74, 6) is -1.17. The standard InChI is InChI=1S/C15H10BrCl2NO4/c16-8-1-3-9(4-2-8)23-7-14(20)19-13-5-10(15(21)22)11(17)6-12(13)18/h1-6H,7H2,(H,19,20)(H,21,22). The van der Waals surface area contributed by atoms with Crippen LogP contribution in [0.5, 0.6) is 5.75 Å². The Bertz CT molecular complexity index is 750. The number of carboxylic acids is 1. The van der Waals surface area contributed by atoms with Gasteiger partial charge in [0, 0.05) is 4.47 Å². The first-order valence-corrected chi connectivity index (χ1v) is 7.82. The number of benzene rings is 2. The van der Waals surface area contributed by atoms with Crippen molar-refractivity contribution in [2.45, 2.75) is 0 Å². The van der Waals surface area contributed by atoms with E-state index in [0.717, 1.165) is 4.47 Å². The number of nitrogens with one attached hydrogen (secondary N) is 1. The lowest BCUT2D eigenvalue weighted by Crippen LogP contribution is -2.20. The molecule has 1 amide bonds. The first kappa shape index (κ1) is 17.6. The Labute approximate surface area is 150 Å². The summed E-state index contributed by atoms with van der Waals surface area (Å²) in [5, 5.41) is 11.6. The molecular formula is C15H10BrCl2NO4. The van der Waals surface area contributed by atoms with Crippen molar-refractivity contribution in [1.29, 1.82) is 0 Å². The van der Waals surface area contributed by atoms with Crippen molar-refractivity contribution in [2.24, 2.45) is 0 Å². The summed E-state index contributed by atoms with van der Waals surface area (Å²) in [6.07, 6.45) is 0. The van der Waals surface area contributed by atoms with Gasteiger partial charge in [0.05, 0.1) is 21.3 Å². The lowest BCUT2D eigenvalue weighted by atomic mass is 10.2. The molecule has 2 aromatic rings. The second kappa shape index (κ2) is 7.68. The van der Waals surface area contributed by atoms with E-state index in [2.05, 4.69) is 21.2 Å². The van der Waals surface area contributed by atoms with Crippen molar-refractivity contribution in [3.63, 3.8) is 0 Å². The molecule has 0 saturated heterocycles. The first-order valence-electron chi connectivity index (χ1n) is 6.27. The van der Waals surface area contributed by atoms with E-state index in [4.69, 9.17) is 33.0 Å². The van der Waals surface area contributed by atoms with Gasteiger partial charge in [-0.1, -0.05) is 39.1 Å². The largest absolute Gasteiger partial charge is 0.484 e. The van der Waals surface area contributed by atoms with Crippen LogP contribution in [0.2, 0.25) is 10.0 Å². The van der Waals surface area contributed by atoms with E-state index in [1.807, 2.05) is 0 Å². The van der Waals surface area contributed by atoms with Gasteiger partial charge in [0.15, 0.2) is 6.61 Å². The molecule has 23 heavy (non-hydrogen) atoms. The predicted molar refractivity (Wildman–Crippen MR) is 91.7 cm³/mol. The molecule has 0 fully saturated rings. The summed E-state index contributed by atoms with van der Waals surface area (Å²) in [6, 6.07) is 9.43. The number of ether oxygens (including phenoxy) is 1. The Kier molecular flexibility index (Phi) is 5.87. The third-order valence-electron chi connectivity index (χ3n) is 2.74. The third kappa shape index (κ3) is 4.86. The molecule has 0 bridgehead atoms. The Morgan fingerprint density at radius 2 is 1.78 bits per heavy atom. The molecule has 0 saturated carbocycles. The molecule has 0 aliphatic heterocycles. The zero-order valence-corrected chi connectivity index (χ0v) is 14.6. The molecule has 0 unspecified atom stereocenters. The summed E-state index contributed by atoms with van der Waals surface area (Å²) >= 11 is 15.0. The second-order valence-electron chi connectivity index (χ2n) is 4.41. The fraction of sp³-hybridized carbons (Fsp3) is 0.0667. The van der Waals surface area contributed by atoms with Crippen molar-refractivity contribution >= 4 is 56.7 Å². The summed E-state index contributed by atoms with van der Waals surface area (Å²) in [5.41, 5.74) is -0.00179. The van der Waals surface area contributed by atoms with Crippen LogP contribution in [0.15, 0.2) is 40.9 Å². The molecule has 0 atom stereocenters. The first-order chi connectivity index (χ1) is 10.9. The molecule has 5 nitrogen and oxygen atoms in total. The van der Waals surface area contributed by atoms with E-state index < -0.39 is 11.9 Å². The maximum atomic E-state index is 11.9. The second-order valence-corrected chi connectivity index (χ2v) is 6.14. The lowest BCUT2D eigenvalue weighted by molar-refractivity contribution is -0.118. The zero-order chi connectivity index (χ0) is 17.0. The smallest absolute Gasteiger partial charge is 0.337 e. The van der Waals surface area contributed by atoms with E-state index in [9.17, 15) is 9.59 Å². The topological polar surface area (TPSA) is 75.6 Å². The van der Waals surface area contributed by atoms with E-state index in [1.165, 1.54) is 12.1 Å². The van der Waals surface area contributed by atoms with Gasteiger partial charge in [0.1, 0.15) is 5.75 Å². The maximum Gasteiger partial charge on any atom is 0.337 e. The molecule has 0 spiro atoms. The molecule has 8 heteroatoms. The van der Waals surface area contributed by atoms with Crippen molar-refractivity contribution in [1.82, 2.24) is 0 Å². The summed E-state index contributed by atoms with van der Waals surface area (Å²) < 4.78 is 6.21. The number of carbonyl (C=O) groups is 2. The highest BCUT2D eigenvalue weighted by Crippen LogP contribution is 2.29. The van der Waals surface area contributed by atoms with Gasteiger partial charge in [-0.2, -0.15) is 0 Å². The quantitative estimate of drug-likeness (QED) is 0.750. The average molecular weight is 419 g/mol. The molecular weight excluding hydrogens is 409 g/mol. The van der Waals surface area contributed by atoms with Crippen LogP contribution in [0.1, 0.15) is 10.4 Å². The van der Waals surface area contributed by atoms with Crippen LogP contribution in [0.4, 0.5) is 5.69 Å². The molecule has 0 radical (unpaired) electrons. The molecule has 0 heterocycles. The summed E-state index contributed by atoms with van der Waals surface area (Å²) in [7, 11) is 0. The number of carbonyl (C=O) groups excluding carboxylic acids is 1. The highest BCUT2D eigenvalue weighted by Gasteiger charge is 2.14. The molecule has 0 aliphatic carbocycles. The molecule has 120 valence electrons. The minimum Gasteiger partial charge on any atom is -0.484 e. The fourth-order valence-electron chi connectivity index (χ4n) is 1.67. The maximum absolute atomic E-state index is 11.9. The minimum atomic E-state index is -1.21. The van der Waals surface area contributed by atoms with Crippen LogP contribution >= 0.6 is 39.1 Å². The van der Waals surface area contributed by atoms with Crippen molar-refractivity contribution < 1.29 is 19.4 Å². The van der Waals surface area contributed by atoms with Crippen LogP contribution in [0.25, 0.3) is 0 Å². The number of anilines is 1. The minimum absolute atomic E-state index is 0.00777. The monoisotopic (exact) mass is 417 g/mol. The van der Waals surface area contributed by atoms with E-state index >= 15 is 0 Å². The van der Waals surface area contributed by atoms with Gasteiger partial charge in [-0.25, -0.2) is 4.79 Å². The Morgan fingerprint density at radius 3 is 2.39 bits per heavy atom. The van der Waals surface area contributed by atoms with Gasteiger partial charge < -0.3 is 15.2 Å². The normalized spacial score (nSPS) is 10.2. The van der Waals surface area contributed by atoms with Crippen LogP contribution < -0.4 is 10.1 Å². The molecule has 2 rings (SSSR count). The van der Waals surface area contributed by atoms with Crippen molar-refractivity contribution in [3.8, 4) is 5.75 Å². The SMILES string of the molecule is O=C(COc1ccc(Br)cc1)Nc1cc(C(=O)O)c(Cl)cc1Cl. The number of halogens is 3. The highest BCUT2D eigenvalue weighted by atomic mass is 79.9. The van der Waals surface area contributed by atoms with E-state index in [1.54, 1.807) is 24.3 Å². The van der Waals surface area contributed by atoms with Gasteiger partial charge >= 0.3 is 5.97 Å². The Morgan fingerprint density at radius 1 is 1.13 bits per heavy atom.